The Balaban J connectivity index is 0.00000320. The second kappa shape index (κ2) is 11.2. The molecule has 30 heavy (non-hydrogen) atoms. The van der Waals surface area contributed by atoms with Gasteiger partial charge in [-0.05, 0) is 36.8 Å². The van der Waals surface area contributed by atoms with Crippen molar-refractivity contribution in [3.05, 3.63) is 42.5 Å². The maximum Gasteiger partial charge on any atom is 0.215 e. The summed E-state index contributed by atoms with van der Waals surface area (Å²) in [4.78, 5) is 4.38. The molecular formula is C27H42N3+. The molecule has 0 unspecified atom stereocenters. The lowest BCUT2D eigenvalue weighted by molar-refractivity contribution is -0.645. The number of anilines is 2. The molecule has 0 atom stereocenters. The third-order valence-corrected chi connectivity index (χ3v) is 5.94. The Hall–Kier alpha value is -2.29. The van der Waals surface area contributed by atoms with Gasteiger partial charge in [-0.3, -0.25) is 0 Å². The van der Waals surface area contributed by atoms with Crippen LogP contribution >= 0.6 is 0 Å². The molecule has 3 heteroatoms. The van der Waals surface area contributed by atoms with E-state index < -0.39 is 0 Å². The lowest BCUT2D eigenvalue weighted by Crippen LogP contribution is -2.36. The quantitative estimate of drug-likeness (QED) is 0.207. The Kier molecular flexibility index (Phi) is 8.95. The summed E-state index contributed by atoms with van der Waals surface area (Å²) in [5, 5.41) is 2.65. The fourth-order valence-electron chi connectivity index (χ4n) is 4.10. The number of unbranched alkanes of at least 4 members (excludes halogenated alkanes) is 6. The molecule has 2 aromatic carbocycles. The van der Waals surface area contributed by atoms with Crippen molar-refractivity contribution < 1.29 is 4.57 Å². The fraction of sp³-hybridized carbons (Fsp3) is 0.519. The molecule has 0 N–H and O–H groups in total. The van der Waals surface area contributed by atoms with E-state index in [0.717, 1.165) is 6.54 Å². The molecule has 0 aliphatic rings. The molecule has 0 bridgehead atoms. The molecule has 0 fully saturated rings. The second-order valence-corrected chi connectivity index (χ2v) is 8.69. The van der Waals surface area contributed by atoms with Crippen LogP contribution in [-0.4, -0.2) is 28.2 Å². The van der Waals surface area contributed by atoms with Gasteiger partial charge in [0.2, 0.25) is 11.0 Å². The molecule has 3 nitrogen and oxygen atoms in total. The van der Waals surface area contributed by atoms with Crippen LogP contribution in [0.5, 0.6) is 0 Å². The molecule has 1 heterocycles. The van der Waals surface area contributed by atoms with Crippen molar-refractivity contribution in [2.24, 2.45) is 0 Å². The van der Waals surface area contributed by atoms with Gasteiger partial charge in [-0.25, -0.2) is 0 Å². The summed E-state index contributed by atoms with van der Waals surface area (Å²) in [6, 6.07) is 16.0. The molecule has 0 saturated carbocycles. The molecule has 3 rings (SSSR count). The summed E-state index contributed by atoms with van der Waals surface area (Å²) in [6.45, 7) is 3.36. The van der Waals surface area contributed by atoms with E-state index in [4.69, 9.17) is 0 Å². The zero-order chi connectivity index (χ0) is 20.8. The molecule has 0 aliphatic heterocycles. The van der Waals surface area contributed by atoms with Crippen LogP contribution in [-0.2, 0) is 6.54 Å². The van der Waals surface area contributed by atoms with Crippen LogP contribution in [0.4, 0.5) is 11.4 Å². The maximum atomic E-state index is 2.55. The predicted octanol–water partition coefficient (Wildman–Crippen LogP) is 6.80. The summed E-state index contributed by atoms with van der Waals surface area (Å²) in [6.07, 6.45) is 9.38. The Morgan fingerprint density at radius 2 is 1.10 bits per heavy atom. The van der Waals surface area contributed by atoms with Gasteiger partial charge in [0.15, 0.2) is 0 Å². The number of fused-ring (bicyclic) bond motifs is 2. The van der Waals surface area contributed by atoms with E-state index in [0.29, 0.717) is 0 Å². The van der Waals surface area contributed by atoms with Gasteiger partial charge in [-0.2, -0.15) is 4.57 Å². The molecule has 0 radical (unpaired) electrons. The normalized spacial score (nSPS) is 11.0. The van der Waals surface area contributed by atoms with Gasteiger partial charge in [-0.15, -0.1) is 0 Å². The number of aryl methyl sites for hydroxylation is 1. The van der Waals surface area contributed by atoms with E-state index in [-0.39, 0.29) is 7.43 Å². The van der Waals surface area contributed by atoms with Gasteiger partial charge in [0, 0.05) is 68.9 Å². The zero-order valence-corrected chi connectivity index (χ0v) is 19.0. The zero-order valence-electron chi connectivity index (χ0n) is 19.0. The first-order valence-electron chi connectivity index (χ1n) is 11.3. The lowest BCUT2D eigenvalue weighted by Gasteiger charge is -2.15. The minimum Gasteiger partial charge on any atom is -0.377 e. The van der Waals surface area contributed by atoms with Crippen molar-refractivity contribution in [2.45, 2.75) is 65.8 Å². The third kappa shape index (κ3) is 5.65. The molecule has 0 aliphatic carbocycles. The van der Waals surface area contributed by atoms with Gasteiger partial charge in [0.25, 0.3) is 0 Å². The second-order valence-electron chi connectivity index (χ2n) is 8.69. The maximum absolute atomic E-state index is 2.55. The average molecular weight is 409 g/mol. The van der Waals surface area contributed by atoms with Gasteiger partial charge in [0.05, 0.1) is 0 Å². The monoisotopic (exact) mass is 408 g/mol. The fourth-order valence-corrected chi connectivity index (χ4v) is 4.10. The van der Waals surface area contributed by atoms with Crippen LogP contribution in [0.15, 0.2) is 42.5 Å². The number of pyridine rings is 1. The van der Waals surface area contributed by atoms with Crippen LogP contribution in [0.3, 0.4) is 0 Å². The van der Waals surface area contributed by atoms with Gasteiger partial charge in [0.1, 0.15) is 6.54 Å². The molecule has 1 aromatic heterocycles. The largest absolute Gasteiger partial charge is 0.377 e. The number of benzene rings is 2. The van der Waals surface area contributed by atoms with E-state index in [1.54, 1.807) is 0 Å². The summed E-state index contributed by atoms with van der Waals surface area (Å²) in [5.41, 5.74) is 5.19. The summed E-state index contributed by atoms with van der Waals surface area (Å²) >= 11 is 0. The smallest absolute Gasteiger partial charge is 0.215 e. The number of hydrogen-bond acceptors (Lipinski definition) is 2. The van der Waals surface area contributed by atoms with Crippen molar-refractivity contribution in [1.29, 1.82) is 0 Å². The summed E-state index contributed by atoms with van der Waals surface area (Å²) in [5.74, 6) is 0. The van der Waals surface area contributed by atoms with Crippen molar-refractivity contribution in [3.63, 3.8) is 0 Å². The van der Waals surface area contributed by atoms with Crippen molar-refractivity contribution in [1.82, 2.24) is 0 Å². The highest BCUT2D eigenvalue weighted by atomic mass is 15.1. The Labute approximate surface area is 184 Å². The van der Waals surface area contributed by atoms with Crippen molar-refractivity contribution in [2.75, 3.05) is 38.0 Å². The van der Waals surface area contributed by atoms with E-state index in [1.165, 1.54) is 78.1 Å². The first kappa shape index (κ1) is 24.0. The standard InChI is InChI=1S/C26H38N3.CH4/c1-6-7-8-9-10-11-12-17-29-25-19-23(27(2)3)15-13-21(25)18-22-14-16-24(28(4)5)20-26(22)29;/h13-16,18-20H,6-12,17H2,1-5H3;1H4/q+1;. The Morgan fingerprint density at radius 1 is 0.633 bits per heavy atom. The van der Waals surface area contributed by atoms with E-state index in [1.807, 2.05) is 0 Å². The molecule has 0 amide bonds. The summed E-state index contributed by atoms with van der Waals surface area (Å²) < 4.78 is 2.55. The van der Waals surface area contributed by atoms with E-state index >= 15 is 0 Å². The van der Waals surface area contributed by atoms with Crippen molar-refractivity contribution in [3.8, 4) is 0 Å². The predicted molar refractivity (Wildman–Crippen MR) is 135 cm³/mol. The molecular weight excluding hydrogens is 366 g/mol. The highest BCUT2D eigenvalue weighted by Gasteiger charge is 2.17. The lowest BCUT2D eigenvalue weighted by atomic mass is 10.1. The van der Waals surface area contributed by atoms with Crippen LogP contribution in [0.1, 0.15) is 59.3 Å². The minimum absolute atomic E-state index is 0. The molecule has 3 aromatic rings. The van der Waals surface area contributed by atoms with Gasteiger partial charge < -0.3 is 9.80 Å². The molecule has 164 valence electrons. The third-order valence-electron chi connectivity index (χ3n) is 5.94. The van der Waals surface area contributed by atoms with Crippen molar-refractivity contribution >= 4 is 33.2 Å². The Bertz CT molecular complexity index is 878. The van der Waals surface area contributed by atoms with Gasteiger partial charge >= 0.3 is 0 Å². The highest BCUT2D eigenvalue weighted by molar-refractivity contribution is 5.91. The SMILES string of the molecule is C.CCCCCCCCC[n+]1c2cc(N(C)C)ccc2cc2ccc(N(C)C)cc21. The minimum atomic E-state index is 0. The number of nitrogens with zero attached hydrogens (tertiary/aromatic N) is 3. The van der Waals surface area contributed by atoms with E-state index in [9.17, 15) is 0 Å². The first-order valence-corrected chi connectivity index (χ1v) is 11.3. The Morgan fingerprint density at radius 3 is 1.57 bits per heavy atom. The topological polar surface area (TPSA) is 10.4 Å². The van der Waals surface area contributed by atoms with E-state index in [2.05, 4.69) is 91.9 Å². The van der Waals surface area contributed by atoms with Gasteiger partial charge in [-0.1, -0.05) is 46.5 Å². The number of aromatic nitrogens is 1. The molecule has 0 saturated heterocycles. The van der Waals surface area contributed by atoms with Crippen LogP contribution < -0.4 is 14.4 Å². The first-order chi connectivity index (χ1) is 14.0. The van der Waals surface area contributed by atoms with Crippen LogP contribution in [0.25, 0.3) is 21.8 Å². The number of rotatable bonds is 10. The molecule has 0 spiro atoms. The average Bonchev–Trinajstić information content (AvgIpc) is 2.71. The highest BCUT2D eigenvalue weighted by Crippen LogP contribution is 2.25. The number of hydrogen-bond donors (Lipinski definition) is 0. The summed E-state index contributed by atoms with van der Waals surface area (Å²) in [7, 11) is 8.47. The van der Waals surface area contributed by atoms with Crippen LogP contribution in [0.2, 0.25) is 0 Å². The van der Waals surface area contributed by atoms with Crippen LogP contribution in [0, 0.1) is 0 Å².